The lowest BCUT2D eigenvalue weighted by molar-refractivity contribution is -0.156. The van der Waals surface area contributed by atoms with E-state index in [2.05, 4.69) is 25.3 Å². The number of H-pyrrole nitrogens is 1. The largest absolute Gasteiger partial charge is 0.460 e. The number of hydrogen-bond acceptors (Lipinski definition) is 7. The molecule has 0 spiro atoms. The van der Waals surface area contributed by atoms with Crippen molar-refractivity contribution in [1.82, 2.24) is 24.9 Å². The van der Waals surface area contributed by atoms with Crippen molar-refractivity contribution in [2.45, 2.75) is 64.5 Å². The summed E-state index contributed by atoms with van der Waals surface area (Å²) >= 11 is 0. The number of hydrogen-bond donors (Lipinski definition) is 2. The molecule has 1 aliphatic rings. The molecule has 1 aliphatic carbocycles. The highest BCUT2D eigenvalue weighted by Gasteiger charge is 2.29. The Balaban J connectivity index is 1.43. The second-order valence-corrected chi connectivity index (χ2v) is 10.0. The van der Waals surface area contributed by atoms with Gasteiger partial charge in [0.2, 0.25) is 5.95 Å². The molecule has 8 heteroatoms. The summed E-state index contributed by atoms with van der Waals surface area (Å²) in [6, 6.07) is 2.12. The molecular formula is C26H30N6O2. The minimum atomic E-state index is -0.473. The van der Waals surface area contributed by atoms with Gasteiger partial charge in [0, 0.05) is 58.9 Å². The fourth-order valence-corrected chi connectivity index (χ4v) is 4.82. The number of esters is 1. The average Bonchev–Trinajstić information content (AvgIpc) is 3.23. The molecule has 8 nitrogen and oxygen atoms in total. The monoisotopic (exact) mass is 458 g/mol. The van der Waals surface area contributed by atoms with Crippen LogP contribution in [0.2, 0.25) is 0 Å². The maximum absolute atomic E-state index is 12.5. The number of carbonyl (C=O) groups is 1. The zero-order valence-corrected chi connectivity index (χ0v) is 19.8. The van der Waals surface area contributed by atoms with Crippen LogP contribution in [0.4, 0.5) is 5.95 Å². The van der Waals surface area contributed by atoms with Crippen LogP contribution in [0.1, 0.15) is 52.9 Å². The van der Waals surface area contributed by atoms with Crippen molar-refractivity contribution in [3.05, 3.63) is 43.2 Å². The van der Waals surface area contributed by atoms with Crippen LogP contribution in [0, 0.1) is 5.92 Å². The number of nitrogens with zero attached hydrogens (tertiary/aromatic N) is 4. The standard InChI is InChI=1S/C26H30N6O2/c1-26(2,3)34-23(33)10-16-6-4-5-7-21(16)31-25-30-12-17-11-28-13-20(24(17)32-25)19-14-29-22-15-27-9-8-18(19)22/h8-9,11-16,21,29H,4-7,10H2,1-3H3,(H,30,31,32)/t16-,21-/m1/s1. The quantitative estimate of drug-likeness (QED) is 0.392. The fraction of sp³-hybridized carbons (Fsp3) is 0.423. The summed E-state index contributed by atoms with van der Waals surface area (Å²) in [5.41, 5.74) is 3.30. The molecule has 1 fully saturated rings. The minimum absolute atomic E-state index is 0.128. The van der Waals surface area contributed by atoms with E-state index in [-0.39, 0.29) is 17.9 Å². The molecule has 0 saturated heterocycles. The first-order chi connectivity index (χ1) is 16.4. The van der Waals surface area contributed by atoms with Gasteiger partial charge in [-0.25, -0.2) is 9.97 Å². The summed E-state index contributed by atoms with van der Waals surface area (Å²) < 4.78 is 5.58. The van der Waals surface area contributed by atoms with Gasteiger partial charge in [-0.3, -0.25) is 14.8 Å². The van der Waals surface area contributed by atoms with E-state index in [1.807, 2.05) is 51.6 Å². The number of nitrogens with one attached hydrogen (secondary N) is 2. The second kappa shape index (κ2) is 9.00. The zero-order valence-electron chi connectivity index (χ0n) is 19.8. The van der Waals surface area contributed by atoms with E-state index >= 15 is 0 Å². The van der Waals surface area contributed by atoms with Crippen molar-refractivity contribution in [1.29, 1.82) is 0 Å². The van der Waals surface area contributed by atoms with E-state index < -0.39 is 5.60 Å². The molecule has 4 aromatic rings. The Morgan fingerprint density at radius 2 is 1.97 bits per heavy atom. The van der Waals surface area contributed by atoms with E-state index in [4.69, 9.17) is 9.72 Å². The van der Waals surface area contributed by atoms with E-state index in [0.29, 0.717) is 12.4 Å². The molecule has 34 heavy (non-hydrogen) atoms. The van der Waals surface area contributed by atoms with Crippen LogP contribution in [-0.2, 0) is 9.53 Å². The predicted molar refractivity (Wildman–Crippen MR) is 132 cm³/mol. The summed E-state index contributed by atoms with van der Waals surface area (Å²) in [4.78, 5) is 33.8. The molecule has 4 heterocycles. The number of rotatable bonds is 5. The van der Waals surface area contributed by atoms with Gasteiger partial charge in [-0.05, 0) is 45.6 Å². The van der Waals surface area contributed by atoms with Gasteiger partial charge in [0.05, 0.1) is 23.7 Å². The van der Waals surface area contributed by atoms with E-state index in [1.165, 1.54) is 0 Å². The average molecular weight is 459 g/mol. The van der Waals surface area contributed by atoms with Gasteiger partial charge < -0.3 is 15.0 Å². The Morgan fingerprint density at radius 1 is 1.12 bits per heavy atom. The van der Waals surface area contributed by atoms with Gasteiger partial charge in [0.15, 0.2) is 0 Å². The summed E-state index contributed by atoms with van der Waals surface area (Å²) in [5.74, 6) is 0.622. The summed E-state index contributed by atoms with van der Waals surface area (Å²) in [6.45, 7) is 5.71. The zero-order chi connectivity index (χ0) is 23.7. The van der Waals surface area contributed by atoms with Crippen molar-refractivity contribution < 1.29 is 9.53 Å². The van der Waals surface area contributed by atoms with Crippen molar-refractivity contribution in [3.63, 3.8) is 0 Å². The first-order valence-electron chi connectivity index (χ1n) is 11.9. The van der Waals surface area contributed by atoms with Crippen LogP contribution in [0.15, 0.2) is 43.2 Å². The molecule has 0 unspecified atom stereocenters. The number of anilines is 1. The molecule has 0 radical (unpaired) electrons. The van der Waals surface area contributed by atoms with Crippen LogP contribution >= 0.6 is 0 Å². The third-order valence-corrected chi connectivity index (χ3v) is 6.34. The molecule has 0 aliphatic heterocycles. The lowest BCUT2D eigenvalue weighted by atomic mass is 9.82. The molecule has 2 atom stereocenters. The molecule has 0 bridgehead atoms. The maximum atomic E-state index is 12.5. The van der Waals surface area contributed by atoms with Crippen molar-refractivity contribution in [2.24, 2.45) is 5.92 Å². The lowest BCUT2D eigenvalue weighted by Gasteiger charge is -2.32. The van der Waals surface area contributed by atoms with Crippen molar-refractivity contribution in [3.8, 4) is 11.1 Å². The highest BCUT2D eigenvalue weighted by molar-refractivity contribution is 6.02. The number of ether oxygens (including phenoxy) is 1. The van der Waals surface area contributed by atoms with Crippen LogP contribution in [-0.4, -0.2) is 42.5 Å². The first kappa shape index (κ1) is 22.3. The van der Waals surface area contributed by atoms with Gasteiger partial charge in [-0.1, -0.05) is 12.8 Å². The number of carbonyl (C=O) groups excluding carboxylic acids is 1. The summed E-state index contributed by atoms with van der Waals surface area (Å²) in [7, 11) is 0. The van der Waals surface area contributed by atoms with Crippen molar-refractivity contribution in [2.75, 3.05) is 5.32 Å². The minimum Gasteiger partial charge on any atom is -0.460 e. The van der Waals surface area contributed by atoms with Crippen LogP contribution in [0.25, 0.3) is 32.9 Å². The molecule has 5 rings (SSSR count). The summed E-state index contributed by atoms with van der Waals surface area (Å²) in [6.07, 6.45) is 15.6. The smallest absolute Gasteiger partial charge is 0.306 e. The number of pyridine rings is 2. The highest BCUT2D eigenvalue weighted by atomic mass is 16.6. The number of aromatic amines is 1. The highest BCUT2D eigenvalue weighted by Crippen LogP contribution is 2.33. The Labute approximate surface area is 198 Å². The Kier molecular flexibility index (Phi) is 5.89. The third-order valence-electron chi connectivity index (χ3n) is 6.34. The fourth-order valence-electron chi connectivity index (χ4n) is 4.82. The van der Waals surface area contributed by atoms with Crippen LogP contribution in [0.5, 0.6) is 0 Å². The number of fused-ring (bicyclic) bond motifs is 2. The molecule has 4 aromatic heterocycles. The summed E-state index contributed by atoms with van der Waals surface area (Å²) in [5, 5.41) is 5.48. The Bertz CT molecular complexity index is 1330. The topological polar surface area (TPSA) is 106 Å². The van der Waals surface area contributed by atoms with Gasteiger partial charge in [-0.2, -0.15) is 0 Å². The molecule has 1 saturated carbocycles. The van der Waals surface area contributed by atoms with Gasteiger partial charge in [0.1, 0.15) is 5.60 Å². The van der Waals surface area contributed by atoms with E-state index in [0.717, 1.165) is 58.6 Å². The normalized spacial score (nSPS) is 18.8. The third kappa shape index (κ3) is 4.71. The Hall–Kier alpha value is -3.55. The predicted octanol–water partition coefficient (Wildman–Crippen LogP) is 5.27. The van der Waals surface area contributed by atoms with Gasteiger partial charge in [0.25, 0.3) is 0 Å². The number of aromatic nitrogens is 5. The van der Waals surface area contributed by atoms with E-state index in [9.17, 15) is 4.79 Å². The Morgan fingerprint density at radius 3 is 2.82 bits per heavy atom. The maximum Gasteiger partial charge on any atom is 0.306 e. The molecular weight excluding hydrogens is 428 g/mol. The van der Waals surface area contributed by atoms with Gasteiger partial charge >= 0.3 is 5.97 Å². The molecule has 0 aromatic carbocycles. The van der Waals surface area contributed by atoms with Crippen molar-refractivity contribution >= 4 is 33.7 Å². The SMILES string of the molecule is CC(C)(C)OC(=O)C[C@H]1CCCC[C@H]1Nc1ncc2cncc(-c3c[nH]c4cnccc34)c2n1. The van der Waals surface area contributed by atoms with Crippen LogP contribution in [0.3, 0.4) is 0 Å². The second-order valence-electron chi connectivity index (χ2n) is 10.0. The van der Waals surface area contributed by atoms with E-state index in [1.54, 1.807) is 12.4 Å². The van der Waals surface area contributed by atoms with Gasteiger partial charge in [-0.15, -0.1) is 0 Å². The molecule has 2 N–H and O–H groups in total. The van der Waals surface area contributed by atoms with Crippen LogP contribution < -0.4 is 5.32 Å². The first-order valence-corrected chi connectivity index (χ1v) is 11.9. The lowest BCUT2D eigenvalue weighted by Crippen LogP contribution is -2.35. The molecule has 176 valence electrons. The molecule has 0 amide bonds.